The number of fused-ring (bicyclic) bond motifs is 1. The number of esters is 1. The standard InChI is InChI=1S/C34H31BrCl2N2O6S/c1-6-43-33(41)29-19(4)38-34-39(30(29)21-9-12-26(45-18(2)3)27(14-21)42-5)32(40)28(46-34)15-22-13-24(37)16-25(35)31(22)44-17-20-7-10-23(36)11-8-20/h7-16,18,30H,6,17H2,1-5H3/b28-15+/t30-/m1/s1. The molecule has 0 N–H and O–H groups in total. The van der Waals surface area contributed by atoms with Crippen molar-refractivity contribution in [1.29, 1.82) is 0 Å². The summed E-state index contributed by atoms with van der Waals surface area (Å²) in [5.74, 6) is 0.971. The highest BCUT2D eigenvalue weighted by Crippen LogP contribution is 2.37. The molecule has 46 heavy (non-hydrogen) atoms. The van der Waals surface area contributed by atoms with Crippen LogP contribution in [0.15, 0.2) is 80.1 Å². The third-order valence-electron chi connectivity index (χ3n) is 7.00. The van der Waals surface area contributed by atoms with E-state index in [1.165, 1.54) is 15.9 Å². The van der Waals surface area contributed by atoms with E-state index in [2.05, 4.69) is 20.9 Å². The van der Waals surface area contributed by atoms with Crippen LogP contribution in [0.25, 0.3) is 6.08 Å². The first kappa shape index (κ1) is 33.8. The highest BCUT2D eigenvalue weighted by atomic mass is 79.9. The fraction of sp³-hybridized carbons (Fsp3) is 0.265. The lowest BCUT2D eigenvalue weighted by atomic mass is 9.95. The van der Waals surface area contributed by atoms with E-state index in [1.807, 2.05) is 32.0 Å². The van der Waals surface area contributed by atoms with Gasteiger partial charge in [0.05, 0.1) is 46.1 Å². The zero-order valence-corrected chi connectivity index (χ0v) is 29.6. The summed E-state index contributed by atoms with van der Waals surface area (Å²) in [7, 11) is 1.54. The van der Waals surface area contributed by atoms with Gasteiger partial charge in [-0.1, -0.05) is 52.7 Å². The summed E-state index contributed by atoms with van der Waals surface area (Å²) < 4.78 is 25.7. The summed E-state index contributed by atoms with van der Waals surface area (Å²) in [5, 5.41) is 1.09. The maximum atomic E-state index is 14.2. The van der Waals surface area contributed by atoms with E-state index >= 15 is 0 Å². The average molecular weight is 747 g/mol. The zero-order valence-electron chi connectivity index (χ0n) is 25.7. The molecule has 1 atom stereocenters. The van der Waals surface area contributed by atoms with Crippen LogP contribution in [0.3, 0.4) is 0 Å². The van der Waals surface area contributed by atoms with Crippen LogP contribution in [0, 0.1) is 0 Å². The number of carbonyl (C=O) groups excluding carboxylic acids is 1. The van der Waals surface area contributed by atoms with Gasteiger partial charge in [0.1, 0.15) is 12.4 Å². The monoisotopic (exact) mass is 744 g/mol. The number of thiazole rings is 1. The van der Waals surface area contributed by atoms with Gasteiger partial charge in [-0.05, 0) is 97.2 Å². The zero-order chi connectivity index (χ0) is 33.1. The van der Waals surface area contributed by atoms with E-state index in [0.29, 0.717) is 57.9 Å². The van der Waals surface area contributed by atoms with Crippen LogP contribution in [0.2, 0.25) is 10.0 Å². The van der Waals surface area contributed by atoms with Crippen molar-refractivity contribution in [2.45, 2.75) is 46.4 Å². The predicted octanol–water partition coefficient (Wildman–Crippen LogP) is 7.24. The molecule has 3 aromatic carbocycles. The number of halogens is 3. The molecule has 0 unspecified atom stereocenters. The first-order chi connectivity index (χ1) is 22.0. The Bertz CT molecular complexity index is 2000. The van der Waals surface area contributed by atoms with Crippen LogP contribution in [-0.4, -0.2) is 30.4 Å². The third-order valence-corrected chi connectivity index (χ3v) is 9.05. The fourth-order valence-corrected chi connectivity index (χ4v) is 7.14. The van der Waals surface area contributed by atoms with Gasteiger partial charge < -0.3 is 18.9 Å². The number of hydrogen-bond acceptors (Lipinski definition) is 8. The maximum Gasteiger partial charge on any atom is 0.338 e. The molecular formula is C34H31BrCl2N2O6S. The third kappa shape index (κ3) is 7.20. The van der Waals surface area contributed by atoms with Crippen molar-refractivity contribution in [3.63, 3.8) is 0 Å². The first-order valence-electron chi connectivity index (χ1n) is 14.4. The van der Waals surface area contributed by atoms with Crippen LogP contribution < -0.4 is 29.1 Å². The molecule has 8 nitrogen and oxygen atoms in total. The van der Waals surface area contributed by atoms with Gasteiger partial charge in [-0.25, -0.2) is 9.79 Å². The Labute approximate surface area is 288 Å². The number of rotatable bonds is 10. The molecule has 0 fully saturated rings. The lowest BCUT2D eigenvalue weighted by Gasteiger charge is -2.25. The molecule has 0 amide bonds. The Hall–Kier alpha value is -3.57. The van der Waals surface area contributed by atoms with Crippen molar-refractivity contribution < 1.29 is 23.7 Å². The van der Waals surface area contributed by atoms with Crippen LogP contribution in [0.4, 0.5) is 0 Å². The van der Waals surface area contributed by atoms with Gasteiger partial charge in [0.15, 0.2) is 16.3 Å². The number of ether oxygens (including phenoxy) is 4. The molecule has 0 aliphatic carbocycles. The quantitative estimate of drug-likeness (QED) is 0.159. The van der Waals surface area contributed by atoms with Gasteiger partial charge in [-0.15, -0.1) is 0 Å². The second-order valence-electron chi connectivity index (χ2n) is 10.6. The summed E-state index contributed by atoms with van der Waals surface area (Å²) in [5.41, 5.74) is 2.51. The van der Waals surface area contributed by atoms with Crippen molar-refractivity contribution in [3.05, 3.63) is 117 Å². The summed E-state index contributed by atoms with van der Waals surface area (Å²) in [6.07, 6.45) is 1.64. The number of hydrogen-bond donors (Lipinski definition) is 0. The van der Waals surface area contributed by atoms with Gasteiger partial charge in [-0.3, -0.25) is 9.36 Å². The van der Waals surface area contributed by atoms with E-state index in [-0.39, 0.29) is 30.5 Å². The Kier molecular flexibility index (Phi) is 10.6. The molecule has 12 heteroatoms. The Balaban J connectivity index is 1.66. The minimum atomic E-state index is -0.828. The molecule has 1 aliphatic rings. The average Bonchev–Trinajstić information content (AvgIpc) is 3.30. The molecule has 1 aromatic heterocycles. The first-order valence-corrected chi connectivity index (χ1v) is 16.8. The molecule has 240 valence electrons. The molecule has 0 saturated carbocycles. The lowest BCUT2D eigenvalue weighted by Crippen LogP contribution is -2.40. The second-order valence-corrected chi connectivity index (χ2v) is 13.3. The van der Waals surface area contributed by atoms with E-state index in [4.69, 9.17) is 42.1 Å². The molecular weight excluding hydrogens is 715 g/mol. The van der Waals surface area contributed by atoms with E-state index in [9.17, 15) is 9.59 Å². The van der Waals surface area contributed by atoms with Crippen LogP contribution in [-0.2, 0) is 16.1 Å². The molecule has 2 heterocycles. The number of benzene rings is 3. The highest BCUT2D eigenvalue weighted by Gasteiger charge is 2.34. The van der Waals surface area contributed by atoms with Gasteiger partial charge in [0, 0.05) is 15.6 Å². The van der Waals surface area contributed by atoms with Crippen molar-refractivity contribution >= 4 is 62.5 Å². The normalized spacial score (nSPS) is 14.6. The topological polar surface area (TPSA) is 88.4 Å². The van der Waals surface area contributed by atoms with E-state index in [0.717, 1.165) is 5.56 Å². The Morgan fingerprint density at radius 3 is 2.50 bits per heavy atom. The number of allylic oxidation sites excluding steroid dienone is 1. The highest BCUT2D eigenvalue weighted by molar-refractivity contribution is 9.10. The Morgan fingerprint density at radius 2 is 1.83 bits per heavy atom. The number of nitrogens with zero attached hydrogens (tertiary/aromatic N) is 2. The smallest absolute Gasteiger partial charge is 0.338 e. The van der Waals surface area contributed by atoms with Crippen LogP contribution in [0.1, 0.15) is 50.4 Å². The molecule has 0 radical (unpaired) electrons. The van der Waals surface area contributed by atoms with Gasteiger partial charge in [0.2, 0.25) is 0 Å². The number of carbonyl (C=O) groups is 1. The molecule has 1 aliphatic heterocycles. The molecule has 0 saturated heterocycles. The lowest BCUT2D eigenvalue weighted by molar-refractivity contribution is -0.139. The Morgan fingerprint density at radius 1 is 1.09 bits per heavy atom. The van der Waals surface area contributed by atoms with E-state index in [1.54, 1.807) is 63.4 Å². The molecule has 4 aromatic rings. The van der Waals surface area contributed by atoms with Gasteiger partial charge in [-0.2, -0.15) is 0 Å². The van der Waals surface area contributed by atoms with Crippen molar-refractivity contribution in [1.82, 2.24) is 4.57 Å². The predicted molar refractivity (Wildman–Crippen MR) is 184 cm³/mol. The number of methoxy groups -OCH3 is 1. The van der Waals surface area contributed by atoms with Crippen molar-refractivity contribution in [3.8, 4) is 17.2 Å². The summed E-state index contributed by atoms with van der Waals surface area (Å²) >= 11 is 17.2. The van der Waals surface area contributed by atoms with Gasteiger partial charge >= 0.3 is 5.97 Å². The SMILES string of the molecule is CCOC(=O)C1=C(C)N=c2s/c(=C/c3cc(Cl)cc(Br)c3OCc3ccc(Cl)cc3)c(=O)n2[C@@H]1c1ccc(OC(C)C)c(OC)c1. The second kappa shape index (κ2) is 14.5. The van der Waals surface area contributed by atoms with Gasteiger partial charge in [0.25, 0.3) is 5.56 Å². The largest absolute Gasteiger partial charge is 0.493 e. The summed E-state index contributed by atoms with van der Waals surface area (Å²) in [6.45, 7) is 7.74. The molecule has 0 spiro atoms. The van der Waals surface area contributed by atoms with Crippen LogP contribution in [0.5, 0.6) is 17.2 Å². The minimum Gasteiger partial charge on any atom is -0.493 e. The minimum absolute atomic E-state index is 0.0822. The summed E-state index contributed by atoms with van der Waals surface area (Å²) in [4.78, 5) is 32.7. The number of aromatic nitrogens is 1. The van der Waals surface area contributed by atoms with E-state index < -0.39 is 12.0 Å². The van der Waals surface area contributed by atoms with Crippen molar-refractivity contribution in [2.75, 3.05) is 13.7 Å². The fourth-order valence-electron chi connectivity index (χ4n) is 5.03. The molecule has 0 bridgehead atoms. The molecule has 5 rings (SSSR count). The maximum absolute atomic E-state index is 14.2. The van der Waals surface area contributed by atoms with Crippen molar-refractivity contribution in [2.24, 2.45) is 4.99 Å². The van der Waals surface area contributed by atoms with Crippen LogP contribution >= 0.6 is 50.5 Å². The summed E-state index contributed by atoms with van der Waals surface area (Å²) in [6, 6.07) is 15.3.